The number of aryl methyl sites for hydroxylation is 2. The number of hydrogen-bond acceptors (Lipinski definition) is 5. The summed E-state index contributed by atoms with van der Waals surface area (Å²) in [5.41, 5.74) is 9.61. The second kappa shape index (κ2) is 11.3. The summed E-state index contributed by atoms with van der Waals surface area (Å²) < 4.78 is 33.0. The standard InChI is InChI=1S/C41H30N2O3S/c1-27-16-19-29(20-17-27)33-26-34(30-21-23-32(24-22-30)47(44,45)31-10-4-3-5-11-31)42-41-37(25-18-28(2)40(33)41)43-35-12-6-8-14-38(35)46-39-15-9-7-13-36(39)43/h3-26H,1-2H3. The Morgan fingerprint density at radius 1 is 0.574 bits per heavy atom. The summed E-state index contributed by atoms with van der Waals surface area (Å²) in [6, 6.07) is 46.6. The van der Waals surface area contributed by atoms with Gasteiger partial charge in [-0.2, -0.15) is 0 Å². The third-order valence-corrected chi connectivity index (χ3v) is 10.5. The highest BCUT2D eigenvalue weighted by molar-refractivity contribution is 7.91. The Morgan fingerprint density at radius 3 is 1.81 bits per heavy atom. The van der Waals surface area contributed by atoms with E-state index in [-0.39, 0.29) is 9.79 Å². The SMILES string of the molecule is Cc1ccc(-c2cc(-c3ccc(S(=O)(=O)c4ccccc4)cc3)nc3c(N4c5ccccc5Oc5ccccc54)ccc(C)c23)cc1. The van der Waals surface area contributed by atoms with E-state index in [1.807, 2.05) is 54.6 Å². The molecule has 1 aromatic heterocycles. The lowest BCUT2D eigenvalue weighted by atomic mass is 9.94. The average molecular weight is 631 g/mol. The van der Waals surface area contributed by atoms with Crippen LogP contribution >= 0.6 is 0 Å². The van der Waals surface area contributed by atoms with E-state index in [0.29, 0.717) is 0 Å². The molecule has 0 N–H and O–H groups in total. The third kappa shape index (κ3) is 4.94. The largest absolute Gasteiger partial charge is 0.453 e. The molecule has 47 heavy (non-hydrogen) atoms. The van der Waals surface area contributed by atoms with Crippen molar-refractivity contribution in [3.05, 3.63) is 157 Å². The number of rotatable bonds is 5. The fourth-order valence-electron chi connectivity index (χ4n) is 6.29. The summed E-state index contributed by atoms with van der Waals surface area (Å²) in [6.45, 7) is 4.21. The van der Waals surface area contributed by atoms with Crippen LogP contribution in [0.3, 0.4) is 0 Å². The molecule has 0 saturated heterocycles. The molecule has 0 fully saturated rings. The van der Waals surface area contributed by atoms with Crippen LogP contribution in [-0.4, -0.2) is 13.4 Å². The molecule has 7 aromatic rings. The monoisotopic (exact) mass is 630 g/mol. The number of fused-ring (bicyclic) bond motifs is 3. The first-order valence-corrected chi connectivity index (χ1v) is 16.9. The molecule has 1 aliphatic heterocycles. The van der Waals surface area contributed by atoms with Crippen molar-refractivity contribution in [3.63, 3.8) is 0 Å². The van der Waals surface area contributed by atoms with Crippen molar-refractivity contribution in [1.82, 2.24) is 4.98 Å². The molecule has 8 rings (SSSR count). The molecule has 0 radical (unpaired) electrons. The van der Waals surface area contributed by atoms with Gasteiger partial charge in [-0.25, -0.2) is 13.4 Å². The van der Waals surface area contributed by atoms with E-state index in [4.69, 9.17) is 9.72 Å². The molecule has 0 atom stereocenters. The molecule has 0 spiro atoms. The zero-order chi connectivity index (χ0) is 32.1. The Kier molecular flexibility index (Phi) is 6.89. The number of anilines is 3. The van der Waals surface area contributed by atoms with Crippen LogP contribution in [0.25, 0.3) is 33.3 Å². The normalized spacial score (nSPS) is 12.3. The molecule has 2 heterocycles. The molecule has 0 amide bonds. The number of hydrogen-bond donors (Lipinski definition) is 0. The lowest BCUT2D eigenvalue weighted by Gasteiger charge is -2.33. The fourth-order valence-corrected chi connectivity index (χ4v) is 7.57. The first-order valence-electron chi connectivity index (χ1n) is 15.5. The number of sulfone groups is 1. The Hall–Kier alpha value is -5.72. The second-order valence-corrected chi connectivity index (χ2v) is 13.7. The maximum atomic E-state index is 13.4. The second-order valence-electron chi connectivity index (χ2n) is 11.8. The van der Waals surface area contributed by atoms with Crippen LogP contribution in [0.2, 0.25) is 0 Å². The van der Waals surface area contributed by atoms with Gasteiger partial charge in [-0.05, 0) is 91.2 Å². The van der Waals surface area contributed by atoms with Crippen molar-refractivity contribution in [2.45, 2.75) is 23.6 Å². The van der Waals surface area contributed by atoms with Crippen LogP contribution in [0, 0.1) is 13.8 Å². The topological polar surface area (TPSA) is 59.5 Å². The van der Waals surface area contributed by atoms with Gasteiger partial charge < -0.3 is 9.64 Å². The van der Waals surface area contributed by atoms with Gasteiger partial charge in [-0.3, -0.25) is 0 Å². The van der Waals surface area contributed by atoms with E-state index in [0.717, 1.165) is 67.4 Å². The first-order chi connectivity index (χ1) is 22.9. The molecule has 6 heteroatoms. The summed E-state index contributed by atoms with van der Waals surface area (Å²) in [5, 5.41) is 1.06. The first kappa shape index (κ1) is 28.7. The summed E-state index contributed by atoms with van der Waals surface area (Å²) in [4.78, 5) is 8.08. The highest BCUT2D eigenvalue weighted by Gasteiger charge is 2.28. The number of nitrogens with zero attached hydrogens (tertiary/aromatic N) is 2. The summed E-state index contributed by atoms with van der Waals surface area (Å²) in [7, 11) is -3.65. The Morgan fingerprint density at radius 2 is 1.15 bits per heavy atom. The van der Waals surface area contributed by atoms with Gasteiger partial charge in [0.15, 0.2) is 11.5 Å². The number of ether oxygens (including phenoxy) is 1. The molecular formula is C41H30N2O3S. The van der Waals surface area contributed by atoms with E-state index in [9.17, 15) is 8.42 Å². The minimum absolute atomic E-state index is 0.241. The van der Waals surface area contributed by atoms with Gasteiger partial charge in [0.25, 0.3) is 0 Å². The van der Waals surface area contributed by atoms with Crippen LogP contribution in [0.5, 0.6) is 11.5 Å². The van der Waals surface area contributed by atoms with E-state index in [1.54, 1.807) is 36.4 Å². The van der Waals surface area contributed by atoms with Crippen molar-refractivity contribution >= 4 is 37.8 Å². The minimum Gasteiger partial charge on any atom is -0.453 e. The van der Waals surface area contributed by atoms with Gasteiger partial charge in [-0.1, -0.05) is 90.5 Å². The van der Waals surface area contributed by atoms with Gasteiger partial charge in [0.05, 0.1) is 38.1 Å². The highest BCUT2D eigenvalue weighted by atomic mass is 32.2. The van der Waals surface area contributed by atoms with Crippen LogP contribution in [0.4, 0.5) is 17.1 Å². The molecule has 1 aliphatic rings. The fraction of sp³-hybridized carbons (Fsp3) is 0.0488. The molecule has 6 aromatic carbocycles. The zero-order valence-corrected chi connectivity index (χ0v) is 26.7. The van der Waals surface area contributed by atoms with E-state index in [2.05, 4.69) is 73.3 Å². The number of para-hydroxylation sites is 4. The highest BCUT2D eigenvalue weighted by Crippen LogP contribution is 2.52. The third-order valence-electron chi connectivity index (χ3n) is 8.70. The van der Waals surface area contributed by atoms with Crippen molar-refractivity contribution in [2.24, 2.45) is 0 Å². The molecule has 0 bridgehead atoms. The number of pyridine rings is 1. The molecular weight excluding hydrogens is 601 g/mol. The molecule has 0 saturated carbocycles. The van der Waals surface area contributed by atoms with Crippen molar-refractivity contribution < 1.29 is 13.2 Å². The molecule has 5 nitrogen and oxygen atoms in total. The average Bonchev–Trinajstić information content (AvgIpc) is 3.11. The van der Waals surface area contributed by atoms with E-state index >= 15 is 0 Å². The van der Waals surface area contributed by atoms with Crippen LogP contribution < -0.4 is 9.64 Å². The quantitative estimate of drug-likeness (QED) is 0.189. The van der Waals surface area contributed by atoms with Crippen molar-refractivity contribution in [2.75, 3.05) is 4.90 Å². The minimum atomic E-state index is -3.65. The summed E-state index contributed by atoms with van der Waals surface area (Å²) in [5.74, 6) is 1.54. The molecule has 0 unspecified atom stereocenters. The summed E-state index contributed by atoms with van der Waals surface area (Å²) in [6.07, 6.45) is 0. The van der Waals surface area contributed by atoms with Crippen LogP contribution in [-0.2, 0) is 9.84 Å². The lowest BCUT2D eigenvalue weighted by Crippen LogP contribution is -2.16. The molecule has 228 valence electrons. The van der Waals surface area contributed by atoms with Gasteiger partial charge in [0.2, 0.25) is 9.84 Å². The van der Waals surface area contributed by atoms with Crippen molar-refractivity contribution in [1.29, 1.82) is 0 Å². The Labute approximate surface area is 274 Å². The maximum absolute atomic E-state index is 13.4. The number of benzene rings is 6. The van der Waals surface area contributed by atoms with Crippen LogP contribution in [0.15, 0.2) is 155 Å². The molecule has 0 aliphatic carbocycles. The predicted molar refractivity (Wildman–Crippen MR) is 189 cm³/mol. The Bertz CT molecular complexity index is 2360. The van der Waals surface area contributed by atoms with E-state index in [1.165, 1.54) is 5.56 Å². The maximum Gasteiger partial charge on any atom is 0.206 e. The van der Waals surface area contributed by atoms with Crippen LogP contribution in [0.1, 0.15) is 11.1 Å². The number of aromatic nitrogens is 1. The Balaban J connectivity index is 1.37. The van der Waals surface area contributed by atoms with Gasteiger partial charge >= 0.3 is 0 Å². The summed E-state index contributed by atoms with van der Waals surface area (Å²) >= 11 is 0. The van der Waals surface area contributed by atoms with E-state index < -0.39 is 9.84 Å². The smallest absolute Gasteiger partial charge is 0.206 e. The zero-order valence-electron chi connectivity index (χ0n) is 25.9. The van der Waals surface area contributed by atoms with Crippen molar-refractivity contribution in [3.8, 4) is 33.9 Å². The lowest BCUT2D eigenvalue weighted by molar-refractivity contribution is 0.477. The van der Waals surface area contributed by atoms with Gasteiger partial charge in [0, 0.05) is 10.9 Å². The van der Waals surface area contributed by atoms with Gasteiger partial charge in [-0.15, -0.1) is 0 Å². The van der Waals surface area contributed by atoms with Gasteiger partial charge in [0.1, 0.15) is 0 Å². The predicted octanol–water partition coefficient (Wildman–Crippen LogP) is 10.6.